The molecule has 1 fully saturated rings. The standard InChI is InChI=1S/C28H34N2O5/c1-18(2)15-24(25(31)30-14-8-13-28(3,17-30)26(32)33)29-27(34)35-16-23-21-11-6-4-9-19(21)20-10-5-7-12-22(20)23/h4-7,9-12,18,23-24H,8,13-17H2,1-3H3,(H,29,34)(H,32,33). The Morgan fingerprint density at radius 1 is 1.09 bits per heavy atom. The van der Waals surface area contributed by atoms with Crippen molar-refractivity contribution in [2.24, 2.45) is 11.3 Å². The van der Waals surface area contributed by atoms with Gasteiger partial charge in [0.2, 0.25) is 5.91 Å². The predicted molar refractivity (Wildman–Crippen MR) is 133 cm³/mol. The number of carboxylic acid groups (broad SMARTS) is 1. The summed E-state index contributed by atoms with van der Waals surface area (Å²) in [6, 6.07) is 15.5. The summed E-state index contributed by atoms with van der Waals surface area (Å²) in [6.45, 7) is 6.44. The number of amides is 2. The van der Waals surface area contributed by atoms with Gasteiger partial charge in [0.1, 0.15) is 12.6 Å². The summed E-state index contributed by atoms with van der Waals surface area (Å²) in [5.74, 6) is -1.06. The Morgan fingerprint density at radius 3 is 2.26 bits per heavy atom. The molecule has 2 N–H and O–H groups in total. The lowest BCUT2D eigenvalue weighted by atomic mass is 9.81. The number of likely N-dealkylation sites (tertiary alicyclic amines) is 1. The van der Waals surface area contributed by atoms with Crippen LogP contribution in [0.2, 0.25) is 0 Å². The van der Waals surface area contributed by atoms with Gasteiger partial charge in [-0.25, -0.2) is 4.79 Å². The molecule has 7 nitrogen and oxygen atoms in total. The van der Waals surface area contributed by atoms with Crippen LogP contribution in [0.15, 0.2) is 48.5 Å². The van der Waals surface area contributed by atoms with Crippen LogP contribution in [-0.2, 0) is 14.3 Å². The van der Waals surface area contributed by atoms with Crippen LogP contribution >= 0.6 is 0 Å². The molecule has 35 heavy (non-hydrogen) atoms. The van der Waals surface area contributed by atoms with E-state index < -0.39 is 23.5 Å². The summed E-state index contributed by atoms with van der Waals surface area (Å²) in [4.78, 5) is 39.5. The fourth-order valence-corrected chi connectivity index (χ4v) is 5.30. The largest absolute Gasteiger partial charge is 0.481 e. The first-order valence-corrected chi connectivity index (χ1v) is 12.3. The molecule has 0 spiro atoms. The number of carbonyl (C=O) groups excluding carboxylic acids is 2. The minimum Gasteiger partial charge on any atom is -0.481 e. The molecule has 2 aromatic carbocycles. The molecule has 2 amide bonds. The van der Waals surface area contributed by atoms with Gasteiger partial charge in [0.15, 0.2) is 0 Å². The van der Waals surface area contributed by atoms with Crippen LogP contribution < -0.4 is 5.32 Å². The molecule has 1 aliphatic heterocycles. The molecule has 1 saturated heterocycles. The first-order valence-electron chi connectivity index (χ1n) is 12.3. The topological polar surface area (TPSA) is 95.9 Å². The van der Waals surface area contributed by atoms with E-state index in [1.807, 2.05) is 38.1 Å². The van der Waals surface area contributed by atoms with Gasteiger partial charge in [-0.2, -0.15) is 0 Å². The van der Waals surface area contributed by atoms with Crippen molar-refractivity contribution < 1.29 is 24.2 Å². The third kappa shape index (κ3) is 5.19. The second-order valence-corrected chi connectivity index (χ2v) is 10.4. The van der Waals surface area contributed by atoms with Crippen molar-refractivity contribution in [3.63, 3.8) is 0 Å². The highest BCUT2D eigenvalue weighted by Crippen LogP contribution is 2.44. The average Bonchev–Trinajstić information content (AvgIpc) is 3.15. The van der Waals surface area contributed by atoms with Crippen LogP contribution in [0.1, 0.15) is 57.1 Å². The Morgan fingerprint density at radius 2 is 1.69 bits per heavy atom. The lowest BCUT2D eigenvalue weighted by Crippen LogP contribution is -2.55. The van der Waals surface area contributed by atoms with E-state index in [2.05, 4.69) is 29.6 Å². The minimum absolute atomic E-state index is 0.0641. The molecule has 2 unspecified atom stereocenters. The van der Waals surface area contributed by atoms with E-state index in [0.29, 0.717) is 25.8 Å². The van der Waals surface area contributed by atoms with Gasteiger partial charge in [-0.1, -0.05) is 62.4 Å². The third-order valence-corrected chi connectivity index (χ3v) is 7.17. The van der Waals surface area contributed by atoms with Gasteiger partial charge in [-0.3, -0.25) is 9.59 Å². The summed E-state index contributed by atoms with van der Waals surface area (Å²) in [5, 5.41) is 12.4. The molecule has 4 rings (SSSR count). The normalized spacial score (nSPS) is 20.2. The molecule has 186 valence electrons. The average molecular weight is 479 g/mol. The highest BCUT2D eigenvalue weighted by Gasteiger charge is 2.41. The Labute approximate surface area is 206 Å². The number of fused-ring (bicyclic) bond motifs is 3. The Bertz CT molecular complexity index is 1070. The minimum atomic E-state index is -0.972. The fourth-order valence-electron chi connectivity index (χ4n) is 5.30. The number of aliphatic carboxylic acids is 1. The van der Waals surface area contributed by atoms with E-state index >= 15 is 0 Å². The first kappa shape index (κ1) is 24.8. The molecule has 0 saturated carbocycles. The number of carbonyl (C=O) groups is 3. The number of hydrogen-bond acceptors (Lipinski definition) is 4. The van der Waals surface area contributed by atoms with Crippen LogP contribution in [-0.4, -0.2) is 53.7 Å². The zero-order valence-electron chi connectivity index (χ0n) is 20.6. The summed E-state index contributed by atoms with van der Waals surface area (Å²) in [6.07, 6.45) is 0.960. The van der Waals surface area contributed by atoms with Crippen molar-refractivity contribution in [2.45, 2.75) is 52.0 Å². The fraction of sp³-hybridized carbons (Fsp3) is 0.464. The number of rotatable bonds is 7. The molecule has 2 aliphatic rings. The van der Waals surface area contributed by atoms with Gasteiger partial charge in [-0.05, 0) is 54.4 Å². The number of nitrogens with one attached hydrogen (secondary N) is 1. The van der Waals surface area contributed by atoms with E-state index in [9.17, 15) is 19.5 Å². The van der Waals surface area contributed by atoms with Crippen LogP contribution in [0.25, 0.3) is 11.1 Å². The zero-order chi connectivity index (χ0) is 25.2. The Hall–Kier alpha value is -3.35. The smallest absolute Gasteiger partial charge is 0.407 e. The van der Waals surface area contributed by atoms with Crippen molar-refractivity contribution in [3.05, 3.63) is 59.7 Å². The first-order chi connectivity index (χ1) is 16.7. The van der Waals surface area contributed by atoms with Crippen LogP contribution in [0.5, 0.6) is 0 Å². The highest BCUT2D eigenvalue weighted by molar-refractivity contribution is 5.87. The summed E-state index contributed by atoms with van der Waals surface area (Å²) >= 11 is 0. The van der Waals surface area contributed by atoms with Gasteiger partial charge in [0, 0.05) is 19.0 Å². The van der Waals surface area contributed by atoms with Gasteiger partial charge < -0.3 is 20.1 Å². The molecule has 2 aromatic rings. The maximum absolute atomic E-state index is 13.3. The third-order valence-electron chi connectivity index (χ3n) is 7.17. The number of piperidine rings is 1. The molecule has 7 heteroatoms. The van der Waals surface area contributed by atoms with E-state index in [0.717, 1.165) is 22.3 Å². The molecule has 1 aliphatic carbocycles. The van der Waals surface area contributed by atoms with Crippen LogP contribution in [0.3, 0.4) is 0 Å². The Kier molecular flexibility index (Phi) is 7.15. The number of nitrogens with zero attached hydrogens (tertiary/aromatic N) is 1. The quantitative estimate of drug-likeness (QED) is 0.604. The van der Waals surface area contributed by atoms with Crippen molar-refractivity contribution in [2.75, 3.05) is 19.7 Å². The van der Waals surface area contributed by atoms with Crippen LogP contribution in [0, 0.1) is 11.3 Å². The highest BCUT2D eigenvalue weighted by atomic mass is 16.5. The van der Waals surface area contributed by atoms with Crippen molar-refractivity contribution in [1.82, 2.24) is 10.2 Å². The zero-order valence-corrected chi connectivity index (χ0v) is 20.6. The van der Waals surface area contributed by atoms with Crippen LogP contribution in [0.4, 0.5) is 4.79 Å². The maximum atomic E-state index is 13.3. The molecule has 2 atom stereocenters. The van der Waals surface area contributed by atoms with Gasteiger partial charge in [-0.15, -0.1) is 0 Å². The summed E-state index contributed by atoms with van der Waals surface area (Å²) in [7, 11) is 0. The van der Waals surface area contributed by atoms with Crippen molar-refractivity contribution >= 4 is 18.0 Å². The number of benzene rings is 2. The maximum Gasteiger partial charge on any atom is 0.407 e. The number of alkyl carbamates (subject to hydrolysis) is 1. The van der Waals surface area contributed by atoms with Gasteiger partial charge in [0.05, 0.1) is 5.41 Å². The molecule has 0 radical (unpaired) electrons. The number of ether oxygens (including phenoxy) is 1. The molecular weight excluding hydrogens is 444 g/mol. The predicted octanol–water partition coefficient (Wildman–Crippen LogP) is 4.65. The van der Waals surface area contributed by atoms with E-state index in [1.54, 1.807) is 11.8 Å². The van der Waals surface area contributed by atoms with Crippen molar-refractivity contribution in [3.8, 4) is 11.1 Å². The van der Waals surface area contributed by atoms with E-state index in [1.165, 1.54) is 0 Å². The summed E-state index contributed by atoms with van der Waals surface area (Å²) < 4.78 is 5.65. The molecular formula is C28H34N2O5. The SMILES string of the molecule is CC(C)CC(NC(=O)OCC1c2ccccc2-c2ccccc21)C(=O)N1CCCC(C)(C(=O)O)C1. The van der Waals surface area contributed by atoms with E-state index in [4.69, 9.17) is 4.74 Å². The molecule has 0 aromatic heterocycles. The number of hydrogen-bond donors (Lipinski definition) is 2. The van der Waals surface area contributed by atoms with Gasteiger partial charge >= 0.3 is 12.1 Å². The second kappa shape index (κ2) is 10.1. The van der Waals surface area contributed by atoms with Gasteiger partial charge in [0.25, 0.3) is 0 Å². The lowest BCUT2D eigenvalue weighted by Gasteiger charge is -2.39. The van der Waals surface area contributed by atoms with E-state index in [-0.39, 0.29) is 30.9 Å². The second-order valence-electron chi connectivity index (χ2n) is 10.4. The molecule has 1 heterocycles. The number of carboxylic acids is 1. The lowest BCUT2D eigenvalue weighted by molar-refractivity contribution is -0.154. The monoisotopic (exact) mass is 478 g/mol. The molecule has 0 bridgehead atoms. The Balaban J connectivity index is 1.43. The summed E-state index contributed by atoms with van der Waals surface area (Å²) in [5.41, 5.74) is 3.57. The van der Waals surface area contributed by atoms with Crippen molar-refractivity contribution in [1.29, 1.82) is 0 Å².